The van der Waals surface area contributed by atoms with Crippen LogP contribution in [0.15, 0.2) is 188 Å². The van der Waals surface area contributed by atoms with Crippen LogP contribution in [0.5, 0.6) is 0 Å². The average molecular weight is 692 g/mol. The van der Waals surface area contributed by atoms with Gasteiger partial charge in [-0.3, -0.25) is 4.98 Å². The number of hydrogen-bond donors (Lipinski definition) is 0. The van der Waals surface area contributed by atoms with Crippen molar-refractivity contribution in [1.82, 2.24) is 9.97 Å². The number of fused-ring (bicyclic) bond motifs is 6. The fraction of sp³-hybridized carbons (Fsp3) is 0.0588. The summed E-state index contributed by atoms with van der Waals surface area (Å²) in [5.74, 6) is 0. The Morgan fingerprint density at radius 1 is 0.444 bits per heavy atom. The lowest BCUT2D eigenvalue weighted by Gasteiger charge is -2.29. The highest BCUT2D eigenvalue weighted by molar-refractivity contribution is 6.15. The van der Waals surface area contributed by atoms with Crippen molar-refractivity contribution in [2.45, 2.75) is 19.3 Å². The van der Waals surface area contributed by atoms with Crippen LogP contribution in [0.3, 0.4) is 0 Å². The summed E-state index contributed by atoms with van der Waals surface area (Å²) >= 11 is 0. The minimum atomic E-state index is -0.109. The van der Waals surface area contributed by atoms with Crippen LogP contribution in [-0.2, 0) is 5.41 Å². The first-order chi connectivity index (χ1) is 26.6. The molecule has 0 fully saturated rings. The normalized spacial score (nSPS) is 12.8. The van der Waals surface area contributed by atoms with Crippen LogP contribution < -0.4 is 4.90 Å². The van der Waals surface area contributed by atoms with Gasteiger partial charge in [-0.25, -0.2) is 4.98 Å². The van der Waals surface area contributed by atoms with E-state index >= 15 is 0 Å². The van der Waals surface area contributed by atoms with E-state index in [-0.39, 0.29) is 5.41 Å². The lowest BCUT2D eigenvalue weighted by molar-refractivity contribution is 0.660. The Labute approximate surface area is 315 Å². The molecule has 0 saturated carbocycles. The average Bonchev–Trinajstić information content (AvgIpc) is 3.48. The molecule has 2 aromatic heterocycles. The van der Waals surface area contributed by atoms with Crippen LogP contribution in [0.25, 0.3) is 66.4 Å². The molecule has 0 saturated heterocycles. The monoisotopic (exact) mass is 691 g/mol. The van der Waals surface area contributed by atoms with Gasteiger partial charge in [-0.15, -0.1) is 0 Å². The Morgan fingerprint density at radius 3 is 1.76 bits per heavy atom. The number of rotatable bonds is 6. The largest absolute Gasteiger partial charge is 0.310 e. The second kappa shape index (κ2) is 12.7. The van der Waals surface area contributed by atoms with E-state index in [9.17, 15) is 0 Å². The third kappa shape index (κ3) is 5.12. The molecule has 0 atom stereocenters. The van der Waals surface area contributed by atoms with Crippen LogP contribution in [0.1, 0.15) is 25.0 Å². The molecule has 0 bridgehead atoms. The van der Waals surface area contributed by atoms with Crippen molar-refractivity contribution in [3.63, 3.8) is 0 Å². The summed E-state index contributed by atoms with van der Waals surface area (Å²) in [7, 11) is 0. The minimum Gasteiger partial charge on any atom is -0.310 e. The van der Waals surface area contributed by atoms with Gasteiger partial charge in [-0.05, 0) is 75.7 Å². The van der Waals surface area contributed by atoms with Gasteiger partial charge in [-0.2, -0.15) is 0 Å². The van der Waals surface area contributed by atoms with E-state index in [1.54, 1.807) is 0 Å². The summed E-state index contributed by atoms with van der Waals surface area (Å²) < 4.78 is 0. The molecular formula is C51H37N3. The standard InChI is InChI=1S/C51H37N3/c1-51(2)43-20-11-9-19-42(43)47-44(51)21-13-23-46(47)54(38-28-24-35(25-29-38)34-14-5-3-6-15-34)39-30-26-37(27-31-39)50-48-41(40-18-10-12-22-45(40)53-50)32-33-52-49(48)36-16-7-4-8-17-36/h3-33H,1-2H3. The van der Waals surface area contributed by atoms with Gasteiger partial charge in [0.1, 0.15) is 0 Å². The molecule has 256 valence electrons. The summed E-state index contributed by atoms with van der Waals surface area (Å²) in [5.41, 5.74) is 15.9. The van der Waals surface area contributed by atoms with Gasteiger partial charge in [0.2, 0.25) is 0 Å². The molecule has 0 spiro atoms. The molecule has 54 heavy (non-hydrogen) atoms. The Hall–Kier alpha value is -6.84. The number of hydrogen-bond acceptors (Lipinski definition) is 3. The van der Waals surface area contributed by atoms with E-state index in [1.807, 2.05) is 12.3 Å². The summed E-state index contributed by atoms with van der Waals surface area (Å²) in [6.07, 6.45) is 1.92. The zero-order valence-corrected chi connectivity index (χ0v) is 30.2. The lowest BCUT2D eigenvalue weighted by Crippen LogP contribution is -2.16. The number of benzene rings is 7. The predicted molar refractivity (Wildman–Crippen MR) is 226 cm³/mol. The van der Waals surface area contributed by atoms with Crippen LogP contribution >= 0.6 is 0 Å². The van der Waals surface area contributed by atoms with E-state index < -0.39 is 0 Å². The highest BCUT2D eigenvalue weighted by atomic mass is 15.1. The molecule has 0 aliphatic heterocycles. The third-order valence-corrected chi connectivity index (χ3v) is 11.1. The van der Waals surface area contributed by atoms with Crippen LogP contribution in [0.2, 0.25) is 0 Å². The van der Waals surface area contributed by atoms with E-state index in [0.717, 1.165) is 61.3 Å². The second-order valence-electron chi connectivity index (χ2n) is 14.6. The van der Waals surface area contributed by atoms with Crippen molar-refractivity contribution in [3.8, 4) is 44.8 Å². The molecular weight excluding hydrogens is 655 g/mol. The smallest absolute Gasteiger partial charge is 0.0810 e. The molecule has 9 aromatic rings. The maximum Gasteiger partial charge on any atom is 0.0810 e. The van der Waals surface area contributed by atoms with E-state index in [2.05, 4.69) is 195 Å². The molecule has 2 heterocycles. The first-order valence-electron chi connectivity index (χ1n) is 18.6. The summed E-state index contributed by atoms with van der Waals surface area (Å²) in [5, 5.41) is 3.33. The SMILES string of the molecule is CC1(C)c2ccccc2-c2c(N(c3ccc(-c4ccccc4)cc3)c3ccc(-c4nc5ccccc5c5ccnc(-c6ccccc6)c45)cc3)cccc21. The number of pyridine rings is 2. The number of para-hydroxylation sites is 1. The van der Waals surface area contributed by atoms with E-state index in [1.165, 1.54) is 33.4 Å². The molecule has 1 aliphatic carbocycles. The van der Waals surface area contributed by atoms with Gasteiger partial charge in [0.15, 0.2) is 0 Å². The Bertz CT molecular complexity index is 2820. The number of nitrogens with zero attached hydrogens (tertiary/aromatic N) is 3. The summed E-state index contributed by atoms with van der Waals surface area (Å²) in [4.78, 5) is 12.7. The predicted octanol–water partition coefficient (Wildman–Crippen LogP) is 13.6. The molecule has 0 unspecified atom stereocenters. The summed E-state index contributed by atoms with van der Waals surface area (Å²) in [6, 6.07) is 65.1. The third-order valence-electron chi connectivity index (χ3n) is 11.1. The van der Waals surface area contributed by atoms with Crippen molar-refractivity contribution >= 4 is 38.7 Å². The van der Waals surface area contributed by atoms with Gasteiger partial charge in [0.25, 0.3) is 0 Å². The fourth-order valence-corrected chi connectivity index (χ4v) is 8.48. The molecule has 0 N–H and O–H groups in total. The van der Waals surface area contributed by atoms with Crippen LogP contribution in [0, 0.1) is 0 Å². The van der Waals surface area contributed by atoms with Crippen molar-refractivity contribution < 1.29 is 0 Å². The first-order valence-corrected chi connectivity index (χ1v) is 18.6. The molecule has 0 amide bonds. The van der Waals surface area contributed by atoms with Gasteiger partial charge >= 0.3 is 0 Å². The highest BCUT2D eigenvalue weighted by Gasteiger charge is 2.37. The summed E-state index contributed by atoms with van der Waals surface area (Å²) in [6.45, 7) is 4.68. The number of aromatic nitrogens is 2. The molecule has 1 aliphatic rings. The van der Waals surface area contributed by atoms with E-state index in [4.69, 9.17) is 9.97 Å². The van der Waals surface area contributed by atoms with Crippen molar-refractivity contribution in [2.24, 2.45) is 0 Å². The van der Waals surface area contributed by atoms with E-state index in [0.29, 0.717) is 0 Å². The Kier molecular flexibility index (Phi) is 7.48. The van der Waals surface area contributed by atoms with Gasteiger partial charge in [0.05, 0.1) is 22.6 Å². The topological polar surface area (TPSA) is 29.0 Å². The molecule has 7 aromatic carbocycles. The molecule has 3 nitrogen and oxygen atoms in total. The Balaban J connectivity index is 1.16. The molecule has 3 heteroatoms. The fourth-order valence-electron chi connectivity index (χ4n) is 8.48. The second-order valence-corrected chi connectivity index (χ2v) is 14.6. The van der Waals surface area contributed by atoms with Gasteiger partial charge in [-0.1, -0.05) is 153 Å². The minimum absolute atomic E-state index is 0.109. The highest BCUT2D eigenvalue weighted by Crippen LogP contribution is 2.54. The van der Waals surface area contributed by atoms with Gasteiger partial charge < -0.3 is 4.90 Å². The van der Waals surface area contributed by atoms with Gasteiger partial charge in [0, 0.05) is 50.4 Å². The van der Waals surface area contributed by atoms with Crippen molar-refractivity contribution in [3.05, 3.63) is 199 Å². The van der Waals surface area contributed by atoms with Crippen molar-refractivity contribution in [1.29, 1.82) is 0 Å². The quantitative estimate of drug-likeness (QED) is 0.163. The molecule has 10 rings (SSSR count). The maximum absolute atomic E-state index is 5.32. The van der Waals surface area contributed by atoms with Crippen LogP contribution in [-0.4, -0.2) is 9.97 Å². The Morgan fingerprint density at radius 2 is 1.02 bits per heavy atom. The zero-order valence-electron chi connectivity index (χ0n) is 30.2. The maximum atomic E-state index is 5.32. The van der Waals surface area contributed by atoms with Crippen molar-refractivity contribution in [2.75, 3.05) is 4.90 Å². The lowest BCUT2D eigenvalue weighted by atomic mass is 9.82. The number of anilines is 3. The van der Waals surface area contributed by atoms with Crippen LogP contribution in [0.4, 0.5) is 17.1 Å². The first kappa shape index (κ1) is 31.9. The molecule has 0 radical (unpaired) electrons. The zero-order chi connectivity index (χ0) is 36.2.